The monoisotopic (exact) mass is 187 g/mol. The smallest absolute Gasteiger partial charge is 0.350 e. The van der Waals surface area contributed by atoms with Crippen LogP contribution in [0, 0.1) is 0 Å². The maximum absolute atomic E-state index is 10.8. The van der Waals surface area contributed by atoms with Crippen molar-refractivity contribution in [3.05, 3.63) is 31.5 Å². The molecule has 0 radical (unpaired) electrons. The molecule has 1 heterocycles. The standard InChI is InChI=1S/C4H5N5O4/c5-1(10)8-9-3(12)6-2(11)7-4(9)13/h(H3,5,8,10)(H2,6,7,11,12,13). The molecule has 1 rings (SSSR count). The molecule has 70 valence electrons. The van der Waals surface area contributed by atoms with E-state index in [0.29, 0.717) is 0 Å². The fourth-order valence-corrected chi connectivity index (χ4v) is 0.641. The summed E-state index contributed by atoms with van der Waals surface area (Å²) in [7, 11) is 0. The normalized spacial score (nSPS) is 9.54. The van der Waals surface area contributed by atoms with Gasteiger partial charge in [-0.15, -0.1) is 4.68 Å². The van der Waals surface area contributed by atoms with E-state index in [2.05, 4.69) is 5.73 Å². The minimum absolute atomic E-state index is 0.240. The van der Waals surface area contributed by atoms with Crippen molar-refractivity contribution in [1.29, 1.82) is 0 Å². The van der Waals surface area contributed by atoms with Gasteiger partial charge in [0.25, 0.3) is 0 Å². The first-order valence-electron chi connectivity index (χ1n) is 3.03. The van der Waals surface area contributed by atoms with Crippen LogP contribution in [-0.2, 0) is 0 Å². The molecule has 0 aliphatic carbocycles. The van der Waals surface area contributed by atoms with E-state index in [4.69, 9.17) is 0 Å². The van der Waals surface area contributed by atoms with Gasteiger partial charge in [0.2, 0.25) is 0 Å². The highest BCUT2D eigenvalue weighted by atomic mass is 16.2. The highest BCUT2D eigenvalue weighted by molar-refractivity contribution is 5.79. The van der Waals surface area contributed by atoms with Gasteiger partial charge in [-0.3, -0.25) is 9.97 Å². The zero-order valence-electron chi connectivity index (χ0n) is 6.16. The summed E-state index contributed by atoms with van der Waals surface area (Å²) in [6.07, 6.45) is 0. The number of rotatable bonds is 1. The van der Waals surface area contributed by atoms with Gasteiger partial charge < -0.3 is 5.73 Å². The average Bonchev–Trinajstić information content (AvgIpc) is 1.96. The minimum Gasteiger partial charge on any atom is -0.350 e. The summed E-state index contributed by atoms with van der Waals surface area (Å²) in [5.74, 6) is 0. The number of nitrogens with two attached hydrogens (primary N) is 1. The zero-order chi connectivity index (χ0) is 10.0. The quantitative estimate of drug-likeness (QED) is 0.368. The molecule has 0 fully saturated rings. The lowest BCUT2D eigenvalue weighted by atomic mass is 11.0. The maximum Gasteiger partial charge on any atom is 0.353 e. The molecule has 0 spiro atoms. The van der Waals surface area contributed by atoms with Crippen LogP contribution in [0.4, 0.5) is 4.79 Å². The van der Waals surface area contributed by atoms with E-state index < -0.39 is 23.1 Å². The van der Waals surface area contributed by atoms with Crippen molar-refractivity contribution in [3.63, 3.8) is 0 Å². The number of H-pyrrole nitrogens is 2. The number of carbonyl (C=O) groups is 1. The molecule has 0 saturated heterocycles. The molecule has 0 aliphatic rings. The Labute approximate surface area is 69.2 Å². The molecule has 13 heavy (non-hydrogen) atoms. The molecule has 1 aromatic heterocycles. The first-order chi connectivity index (χ1) is 6.00. The van der Waals surface area contributed by atoms with Gasteiger partial charge in [0.1, 0.15) is 0 Å². The van der Waals surface area contributed by atoms with Crippen molar-refractivity contribution in [3.8, 4) is 0 Å². The van der Waals surface area contributed by atoms with Crippen LogP contribution >= 0.6 is 0 Å². The van der Waals surface area contributed by atoms with Crippen LogP contribution < -0.4 is 28.2 Å². The van der Waals surface area contributed by atoms with E-state index in [9.17, 15) is 19.2 Å². The third kappa shape index (κ3) is 1.83. The second-order valence-electron chi connectivity index (χ2n) is 2.00. The molecular formula is C4H5N5O4. The lowest BCUT2D eigenvalue weighted by Crippen LogP contribution is -2.50. The number of amides is 2. The molecule has 5 N–H and O–H groups in total. The van der Waals surface area contributed by atoms with Crippen LogP contribution in [0.15, 0.2) is 14.4 Å². The molecule has 0 atom stereocenters. The Morgan fingerprint density at radius 3 is 2.08 bits per heavy atom. The number of nitrogens with zero attached hydrogens (tertiary/aromatic N) is 1. The molecule has 9 nitrogen and oxygen atoms in total. The van der Waals surface area contributed by atoms with Crippen molar-refractivity contribution >= 4 is 6.03 Å². The number of primary amides is 1. The fourth-order valence-electron chi connectivity index (χ4n) is 0.641. The van der Waals surface area contributed by atoms with E-state index in [1.165, 1.54) is 0 Å². The Kier molecular flexibility index (Phi) is 2.00. The SMILES string of the molecule is NC(=O)Nn1c(=O)[nH]c(=O)[nH]c1=O. The van der Waals surface area contributed by atoms with Crippen LogP contribution in [0.5, 0.6) is 0 Å². The summed E-state index contributed by atoms with van der Waals surface area (Å²) >= 11 is 0. The van der Waals surface area contributed by atoms with Gasteiger partial charge in [-0.05, 0) is 0 Å². The maximum atomic E-state index is 10.8. The van der Waals surface area contributed by atoms with Gasteiger partial charge in [-0.1, -0.05) is 0 Å². The lowest BCUT2D eigenvalue weighted by Gasteiger charge is -2.00. The van der Waals surface area contributed by atoms with Crippen molar-refractivity contribution in [2.24, 2.45) is 5.73 Å². The number of aromatic nitrogens is 3. The largest absolute Gasteiger partial charge is 0.353 e. The Morgan fingerprint density at radius 2 is 1.69 bits per heavy atom. The molecule has 0 unspecified atom stereocenters. The number of aromatic amines is 2. The topological polar surface area (TPSA) is 143 Å². The van der Waals surface area contributed by atoms with E-state index >= 15 is 0 Å². The number of carbonyl (C=O) groups excluding carboxylic acids is 1. The number of hydrogen-bond acceptors (Lipinski definition) is 4. The third-order valence-electron chi connectivity index (χ3n) is 1.07. The summed E-state index contributed by atoms with van der Waals surface area (Å²) in [6.45, 7) is 0. The van der Waals surface area contributed by atoms with E-state index in [1.807, 2.05) is 0 Å². The van der Waals surface area contributed by atoms with E-state index in [1.54, 1.807) is 15.4 Å². The average molecular weight is 187 g/mol. The van der Waals surface area contributed by atoms with Gasteiger partial charge >= 0.3 is 23.1 Å². The molecule has 1 aromatic rings. The molecule has 9 heteroatoms. The number of hydrogen-bond donors (Lipinski definition) is 4. The Morgan fingerprint density at radius 1 is 1.23 bits per heavy atom. The van der Waals surface area contributed by atoms with Gasteiger partial charge in [0, 0.05) is 0 Å². The fraction of sp³-hybridized carbons (Fsp3) is 0. The van der Waals surface area contributed by atoms with Crippen molar-refractivity contribution in [2.75, 3.05) is 5.43 Å². The summed E-state index contributed by atoms with van der Waals surface area (Å²) < 4.78 is 0.240. The summed E-state index contributed by atoms with van der Waals surface area (Å²) in [4.78, 5) is 45.8. The molecule has 0 bridgehead atoms. The highest BCUT2D eigenvalue weighted by Crippen LogP contribution is 1.56. The summed E-state index contributed by atoms with van der Waals surface area (Å²) in [6, 6.07) is -1.10. The molecule has 0 aromatic carbocycles. The molecular weight excluding hydrogens is 182 g/mol. The number of urea groups is 1. The van der Waals surface area contributed by atoms with Crippen LogP contribution in [0.3, 0.4) is 0 Å². The van der Waals surface area contributed by atoms with Gasteiger partial charge in [-0.2, -0.15) is 0 Å². The van der Waals surface area contributed by atoms with Gasteiger partial charge in [0.05, 0.1) is 0 Å². The van der Waals surface area contributed by atoms with Crippen LogP contribution in [0.25, 0.3) is 0 Å². The third-order valence-corrected chi connectivity index (χ3v) is 1.07. The Hall–Kier alpha value is -2.32. The molecule has 2 amide bonds. The summed E-state index contributed by atoms with van der Waals surface area (Å²) in [5.41, 5.74) is 3.23. The minimum atomic E-state index is -1.10. The lowest BCUT2D eigenvalue weighted by molar-refractivity contribution is 0.256. The Bertz CT molecular complexity index is 458. The predicted molar refractivity (Wildman–Crippen MR) is 40.9 cm³/mol. The molecule has 0 aliphatic heterocycles. The van der Waals surface area contributed by atoms with Crippen molar-refractivity contribution in [1.82, 2.24) is 14.6 Å². The first kappa shape index (κ1) is 8.77. The molecule has 0 saturated carbocycles. The van der Waals surface area contributed by atoms with Crippen LogP contribution in [0.1, 0.15) is 0 Å². The highest BCUT2D eigenvalue weighted by Gasteiger charge is 2.03. The summed E-state index contributed by atoms with van der Waals surface area (Å²) in [5, 5.41) is 0. The predicted octanol–water partition coefficient (Wildman–Crippen LogP) is -3.15. The van der Waals surface area contributed by atoms with E-state index in [-0.39, 0.29) is 4.68 Å². The second-order valence-corrected chi connectivity index (χ2v) is 2.00. The zero-order valence-corrected chi connectivity index (χ0v) is 6.16. The van der Waals surface area contributed by atoms with Gasteiger partial charge in [0.15, 0.2) is 0 Å². The number of nitrogens with one attached hydrogen (secondary N) is 3. The van der Waals surface area contributed by atoms with Crippen LogP contribution in [-0.4, -0.2) is 20.7 Å². The Balaban J connectivity index is 3.38. The first-order valence-corrected chi connectivity index (χ1v) is 3.03. The second kappa shape index (κ2) is 2.97. The van der Waals surface area contributed by atoms with Crippen molar-refractivity contribution in [2.45, 2.75) is 0 Å². The van der Waals surface area contributed by atoms with Gasteiger partial charge in [-0.25, -0.2) is 24.6 Å². The van der Waals surface area contributed by atoms with Crippen molar-refractivity contribution < 1.29 is 4.79 Å². The van der Waals surface area contributed by atoms with Crippen LogP contribution in [0.2, 0.25) is 0 Å². The van der Waals surface area contributed by atoms with E-state index in [0.717, 1.165) is 0 Å².